The van der Waals surface area contributed by atoms with Gasteiger partial charge in [-0.1, -0.05) is 0 Å². The van der Waals surface area contributed by atoms with Crippen molar-refractivity contribution in [2.24, 2.45) is 0 Å². The number of halogens is 6. The number of aliphatic hydroxyl groups is 1. The van der Waals surface area contributed by atoms with E-state index in [2.05, 4.69) is 0 Å². The Morgan fingerprint density at radius 3 is 1.27 bits per heavy atom. The summed E-state index contributed by atoms with van der Waals surface area (Å²) in [7, 11) is 2.00. The molecule has 95 valence electrons. The van der Waals surface area contributed by atoms with Crippen LogP contribution < -0.4 is 0 Å². The molecule has 0 spiro atoms. The molecule has 1 N–H and O–H groups in total. The van der Waals surface area contributed by atoms with E-state index in [0.717, 1.165) is 14.1 Å². The molecule has 0 amide bonds. The maximum atomic E-state index is 12.0. The van der Waals surface area contributed by atoms with E-state index in [1.165, 1.54) is 0 Å². The van der Waals surface area contributed by atoms with Gasteiger partial charge in [-0.05, 0) is 14.1 Å². The third-order valence-corrected chi connectivity index (χ3v) is 1.48. The molecule has 0 unspecified atom stereocenters. The summed E-state index contributed by atoms with van der Waals surface area (Å²) in [5, 5.41) is 8.56. The maximum absolute atomic E-state index is 12.0. The maximum Gasteiger partial charge on any atom is 0.427 e. The van der Waals surface area contributed by atoms with Crippen molar-refractivity contribution in [2.45, 2.75) is 18.0 Å². The smallest absolute Gasteiger partial charge is 0.373 e. The van der Waals surface area contributed by atoms with Crippen LogP contribution in [0.4, 0.5) is 26.3 Å². The molecule has 0 aliphatic carbocycles. The Morgan fingerprint density at radius 2 is 1.20 bits per heavy atom. The van der Waals surface area contributed by atoms with Gasteiger partial charge in [0.1, 0.15) is 0 Å². The van der Waals surface area contributed by atoms with Crippen LogP contribution >= 0.6 is 0 Å². The van der Waals surface area contributed by atoms with Crippen molar-refractivity contribution in [3.63, 3.8) is 0 Å². The Hall–Kier alpha value is 0.00649. The molecule has 0 aliphatic rings. The SMILES string of the molecule is CN(C)CC(O)(C(F)(F)F)C(F)(F)F.[Co]. The molecule has 0 bridgehead atoms. The number of nitrogens with zero attached hydrogens (tertiary/aromatic N) is 1. The van der Waals surface area contributed by atoms with Crippen LogP contribution in [0.2, 0.25) is 0 Å². The molecule has 0 aromatic carbocycles. The number of hydrogen-bond acceptors (Lipinski definition) is 2. The summed E-state index contributed by atoms with van der Waals surface area (Å²) in [5.74, 6) is 0. The average molecular weight is 284 g/mol. The molecular weight excluding hydrogens is 275 g/mol. The van der Waals surface area contributed by atoms with Gasteiger partial charge in [0.05, 0.1) is 0 Å². The van der Waals surface area contributed by atoms with Gasteiger partial charge < -0.3 is 10.0 Å². The van der Waals surface area contributed by atoms with E-state index >= 15 is 0 Å². The fourth-order valence-corrected chi connectivity index (χ4v) is 0.798. The normalized spacial score (nSPS) is 14.0. The van der Waals surface area contributed by atoms with Gasteiger partial charge in [-0.2, -0.15) is 26.3 Å². The van der Waals surface area contributed by atoms with E-state index in [-0.39, 0.29) is 16.8 Å². The first-order valence-corrected chi connectivity index (χ1v) is 3.42. The van der Waals surface area contributed by atoms with Crippen molar-refractivity contribution in [1.82, 2.24) is 4.90 Å². The standard InChI is InChI=1S/C6H9F6NO.Co/c1-13(2)3-4(14,5(7,8)9)6(10,11)12;/h14H,3H2,1-2H3;. The van der Waals surface area contributed by atoms with E-state index < -0.39 is 24.5 Å². The van der Waals surface area contributed by atoms with Crippen LogP contribution in [-0.4, -0.2) is 48.6 Å². The van der Waals surface area contributed by atoms with Crippen molar-refractivity contribution >= 4 is 0 Å². The topological polar surface area (TPSA) is 23.5 Å². The van der Waals surface area contributed by atoms with Gasteiger partial charge in [-0.3, -0.25) is 0 Å². The summed E-state index contributed by atoms with van der Waals surface area (Å²) in [5.41, 5.74) is -4.68. The first-order valence-electron chi connectivity index (χ1n) is 3.42. The van der Waals surface area contributed by atoms with Crippen molar-refractivity contribution < 1.29 is 48.2 Å². The molecule has 0 rings (SSSR count). The van der Waals surface area contributed by atoms with Crippen LogP contribution in [-0.2, 0) is 16.8 Å². The van der Waals surface area contributed by atoms with Crippen molar-refractivity contribution in [1.29, 1.82) is 0 Å². The van der Waals surface area contributed by atoms with E-state index in [0.29, 0.717) is 4.90 Å². The fourth-order valence-electron chi connectivity index (χ4n) is 0.798. The van der Waals surface area contributed by atoms with Crippen LogP contribution in [0, 0.1) is 0 Å². The molecule has 0 heterocycles. The van der Waals surface area contributed by atoms with Gasteiger partial charge in [0.2, 0.25) is 0 Å². The van der Waals surface area contributed by atoms with Crippen molar-refractivity contribution in [2.75, 3.05) is 20.6 Å². The molecular formula is C6H9CoF6NO. The van der Waals surface area contributed by atoms with E-state index in [4.69, 9.17) is 5.11 Å². The zero-order valence-corrected chi connectivity index (χ0v) is 8.74. The van der Waals surface area contributed by atoms with Gasteiger partial charge in [-0.15, -0.1) is 0 Å². The summed E-state index contributed by atoms with van der Waals surface area (Å²) in [4.78, 5) is 0.612. The minimum Gasteiger partial charge on any atom is -0.373 e. The molecule has 0 aliphatic heterocycles. The third kappa shape index (κ3) is 3.81. The number of rotatable bonds is 2. The third-order valence-electron chi connectivity index (χ3n) is 1.48. The van der Waals surface area contributed by atoms with Gasteiger partial charge in [0.25, 0.3) is 5.60 Å². The van der Waals surface area contributed by atoms with Gasteiger partial charge in [-0.25, -0.2) is 0 Å². The minimum absolute atomic E-state index is 0. The summed E-state index contributed by atoms with van der Waals surface area (Å²) in [6.45, 7) is -1.56. The zero-order chi connectivity index (χ0) is 11.8. The molecule has 15 heavy (non-hydrogen) atoms. The van der Waals surface area contributed by atoms with Crippen LogP contribution in [0.5, 0.6) is 0 Å². The Labute approximate surface area is 92.4 Å². The molecule has 2 nitrogen and oxygen atoms in total. The Bertz CT molecular complexity index is 187. The van der Waals surface area contributed by atoms with E-state index in [9.17, 15) is 26.3 Å². The van der Waals surface area contributed by atoms with Crippen molar-refractivity contribution in [3.8, 4) is 0 Å². The zero-order valence-electron chi connectivity index (χ0n) is 7.70. The van der Waals surface area contributed by atoms with Crippen LogP contribution in [0.1, 0.15) is 0 Å². The van der Waals surface area contributed by atoms with Crippen LogP contribution in [0.3, 0.4) is 0 Å². The molecule has 1 radical (unpaired) electrons. The molecule has 0 aromatic rings. The first-order chi connectivity index (χ1) is 5.92. The number of likely N-dealkylation sites (N-methyl/N-ethyl adjacent to an activating group) is 1. The average Bonchev–Trinajstić information content (AvgIpc) is 1.79. The fraction of sp³-hybridized carbons (Fsp3) is 1.00. The molecule has 0 saturated heterocycles. The predicted molar refractivity (Wildman–Crippen MR) is 35.6 cm³/mol. The quantitative estimate of drug-likeness (QED) is 0.775. The second kappa shape index (κ2) is 4.89. The largest absolute Gasteiger partial charge is 0.427 e. The summed E-state index contributed by atoms with van der Waals surface area (Å²) in [6, 6.07) is 0. The minimum atomic E-state index is -5.74. The van der Waals surface area contributed by atoms with E-state index in [1.54, 1.807) is 0 Å². The molecule has 0 fully saturated rings. The molecule has 0 atom stereocenters. The van der Waals surface area contributed by atoms with Gasteiger partial charge >= 0.3 is 12.4 Å². The monoisotopic (exact) mass is 284 g/mol. The second-order valence-electron chi connectivity index (χ2n) is 3.09. The second-order valence-corrected chi connectivity index (χ2v) is 3.09. The Balaban J connectivity index is 0. The summed E-state index contributed by atoms with van der Waals surface area (Å²) in [6.07, 6.45) is -11.5. The predicted octanol–water partition coefficient (Wildman–Crippen LogP) is 1.40. The first kappa shape index (κ1) is 17.4. The van der Waals surface area contributed by atoms with Crippen LogP contribution in [0.15, 0.2) is 0 Å². The van der Waals surface area contributed by atoms with E-state index in [1.807, 2.05) is 0 Å². The molecule has 0 aromatic heterocycles. The van der Waals surface area contributed by atoms with Gasteiger partial charge in [0, 0.05) is 23.3 Å². The molecule has 9 heteroatoms. The van der Waals surface area contributed by atoms with Crippen molar-refractivity contribution in [3.05, 3.63) is 0 Å². The van der Waals surface area contributed by atoms with Gasteiger partial charge in [0.15, 0.2) is 0 Å². The Kier molecular flexibility index (Phi) is 5.68. The Morgan fingerprint density at radius 1 is 0.933 bits per heavy atom. The molecule has 0 saturated carbocycles. The summed E-state index contributed by atoms with van der Waals surface area (Å²) < 4.78 is 71.8. The summed E-state index contributed by atoms with van der Waals surface area (Å²) >= 11 is 0. The number of hydrogen-bond donors (Lipinski definition) is 1. The van der Waals surface area contributed by atoms with Crippen LogP contribution in [0.25, 0.3) is 0 Å². The number of alkyl halides is 6.